The van der Waals surface area contributed by atoms with Crippen LogP contribution >= 0.6 is 0 Å². The number of nitrogens with two attached hydrogens (primary N) is 1. The van der Waals surface area contributed by atoms with Crippen molar-refractivity contribution in [3.63, 3.8) is 0 Å². The van der Waals surface area contributed by atoms with Crippen LogP contribution in [0.2, 0.25) is 0 Å². The predicted molar refractivity (Wildman–Crippen MR) is 71.3 cm³/mol. The quantitative estimate of drug-likeness (QED) is 0.852. The summed E-state index contributed by atoms with van der Waals surface area (Å²) in [5, 5.41) is 3.23. The van der Waals surface area contributed by atoms with Gasteiger partial charge in [-0.3, -0.25) is 4.79 Å². The summed E-state index contributed by atoms with van der Waals surface area (Å²) in [5.74, 6) is -0.149. The van der Waals surface area contributed by atoms with E-state index in [1.54, 1.807) is 0 Å². The molecule has 1 heterocycles. The van der Waals surface area contributed by atoms with E-state index < -0.39 is 0 Å². The monoisotopic (exact) mass is 248 g/mol. The van der Waals surface area contributed by atoms with E-state index in [2.05, 4.69) is 5.32 Å². The topological polar surface area (TPSA) is 64.3 Å². The lowest BCUT2D eigenvalue weighted by atomic mass is 9.93. The minimum atomic E-state index is -0.355. The Kier molecular flexibility index (Phi) is 4.20. The lowest BCUT2D eigenvalue weighted by molar-refractivity contribution is -0.121. The number of nitrogens with one attached hydrogen (secondary N) is 1. The Labute approximate surface area is 108 Å². The largest absolute Gasteiger partial charge is 0.381 e. The molecule has 18 heavy (non-hydrogen) atoms. The zero-order valence-electron chi connectivity index (χ0n) is 10.7. The molecule has 1 aliphatic rings. The van der Waals surface area contributed by atoms with Crippen molar-refractivity contribution in [3.8, 4) is 0 Å². The highest BCUT2D eigenvalue weighted by Crippen LogP contribution is 2.21. The van der Waals surface area contributed by atoms with Gasteiger partial charge in [-0.2, -0.15) is 0 Å². The average molecular weight is 248 g/mol. The first kappa shape index (κ1) is 12.9. The summed E-state index contributed by atoms with van der Waals surface area (Å²) in [6, 6.07) is 7.60. The summed E-state index contributed by atoms with van der Waals surface area (Å²) in [5.41, 5.74) is 7.59. The highest BCUT2D eigenvalue weighted by molar-refractivity contribution is 5.83. The first-order valence-corrected chi connectivity index (χ1v) is 6.37. The number of carbonyl (C=O) groups excluding carboxylic acids is 1. The molecule has 4 nitrogen and oxygen atoms in total. The lowest BCUT2D eigenvalue weighted by Gasteiger charge is -2.29. The Balaban J connectivity index is 2.08. The fourth-order valence-corrected chi connectivity index (χ4v) is 2.36. The van der Waals surface area contributed by atoms with Gasteiger partial charge in [0.1, 0.15) is 6.04 Å². The molecule has 1 aliphatic heterocycles. The number of benzene rings is 1. The molecule has 0 aliphatic carbocycles. The van der Waals surface area contributed by atoms with Gasteiger partial charge in [0.2, 0.25) is 5.91 Å². The number of amides is 1. The van der Waals surface area contributed by atoms with Crippen LogP contribution in [0.3, 0.4) is 0 Å². The number of aryl methyl sites for hydroxylation is 1. The molecule has 0 saturated carbocycles. The summed E-state index contributed by atoms with van der Waals surface area (Å²) in [7, 11) is 0. The van der Waals surface area contributed by atoms with Crippen molar-refractivity contribution in [1.82, 2.24) is 0 Å². The van der Waals surface area contributed by atoms with Crippen molar-refractivity contribution in [1.29, 1.82) is 0 Å². The normalized spacial score (nSPS) is 21.3. The third kappa shape index (κ3) is 3.23. The highest BCUT2D eigenvalue weighted by Gasteiger charge is 2.28. The molecule has 2 unspecified atom stereocenters. The standard InChI is InChI=1S/C14H20N2O2/c1-10-4-2-6-12(8-10)16-13(14(15)17)11-5-3-7-18-9-11/h2,4,6,8,11,13,16H,3,5,7,9H2,1H3,(H2,15,17). The van der Waals surface area contributed by atoms with E-state index in [-0.39, 0.29) is 17.9 Å². The summed E-state index contributed by atoms with van der Waals surface area (Å²) in [6.07, 6.45) is 1.97. The minimum absolute atomic E-state index is 0.164. The SMILES string of the molecule is Cc1cccc(NC(C(N)=O)C2CCCOC2)c1. The van der Waals surface area contributed by atoms with E-state index in [9.17, 15) is 4.79 Å². The van der Waals surface area contributed by atoms with Crippen molar-refractivity contribution >= 4 is 11.6 Å². The maximum Gasteiger partial charge on any atom is 0.240 e. The molecule has 1 fully saturated rings. The van der Waals surface area contributed by atoms with Crippen LogP contribution in [0.15, 0.2) is 24.3 Å². The Morgan fingerprint density at radius 3 is 3.00 bits per heavy atom. The molecule has 0 bridgehead atoms. The van der Waals surface area contributed by atoms with E-state index in [0.717, 1.165) is 30.7 Å². The van der Waals surface area contributed by atoms with Crippen LogP contribution in [-0.4, -0.2) is 25.2 Å². The number of ether oxygens (including phenoxy) is 1. The summed E-state index contributed by atoms with van der Waals surface area (Å²) in [6.45, 7) is 3.41. The maximum atomic E-state index is 11.6. The molecule has 0 spiro atoms. The third-order valence-electron chi connectivity index (χ3n) is 3.31. The third-order valence-corrected chi connectivity index (χ3v) is 3.31. The summed E-state index contributed by atoms with van der Waals surface area (Å²) in [4.78, 5) is 11.6. The Morgan fingerprint density at radius 1 is 1.56 bits per heavy atom. The number of rotatable bonds is 4. The fourth-order valence-electron chi connectivity index (χ4n) is 2.36. The van der Waals surface area contributed by atoms with Gasteiger partial charge in [-0.25, -0.2) is 0 Å². The van der Waals surface area contributed by atoms with Crippen LogP contribution in [0.4, 0.5) is 5.69 Å². The van der Waals surface area contributed by atoms with Crippen LogP contribution < -0.4 is 11.1 Å². The van der Waals surface area contributed by atoms with Crippen LogP contribution in [0.25, 0.3) is 0 Å². The molecule has 98 valence electrons. The van der Waals surface area contributed by atoms with Gasteiger partial charge >= 0.3 is 0 Å². The smallest absolute Gasteiger partial charge is 0.240 e. The second-order valence-corrected chi connectivity index (χ2v) is 4.87. The van der Waals surface area contributed by atoms with Gasteiger partial charge < -0.3 is 15.8 Å². The number of primary amides is 1. The van der Waals surface area contributed by atoms with Crippen LogP contribution in [0.1, 0.15) is 18.4 Å². The first-order valence-electron chi connectivity index (χ1n) is 6.37. The molecule has 2 rings (SSSR count). The number of hydrogen-bond donors (Lipinski definition) is 2. The minimum Gasteiger partial charge on any atom is -0.381 e. The number of carbonyl (C=O) groups is 1. The molecular formula is C14H20N2O2. The van der Waals surface area contributed by atoms with Crippen LogP contribution in [0, 0.1) is 12.8 Å². The average Bonchev–Trinajstić information content (AvgIpc) is 2.37. The van der Waals surface area contributed by atoms with Gasteiger partial charge in [0.25, 0.3) is 0 Å². The Morgan fingerprint density at radius 2 is 2.39 bits per heavy atom. The van der Waals surface area contributed by atoms with Crippen molar-refractivity contribution in [2.24, 2.45) is 11.7 Å². The molecule has 0 radical (unpaired) electrons. The molecule has 1 aromatic carbocycles. The maximum absolute atomic E-state index is 11.6. The number of hydrogen-bond acceptors (Lipinski definition) is 3. The predicted octanol–water partition coefficient (Wildman–Crippen LogP) is 1.69. The van der Waals surface area contributed by atoms with Gasteiger partial charge in [-0.05, 0) is 37.5 Å². The van der Waals surface area contributed by atoms with E-state index >= 15 is 0 Å². The zero-order chi connectivity index (χ0) is 13.0. The zero-order valence-corrected chi connectivity index (χ0v) is 10.7. The van der Waals surface area contributed by atoms with E-state index in [0.29, 0.717) is 6.61 Å². The molecule has 1 amide bonds. The molecule has 0 aromatic heterocycles. The summed E-state index contributed by atoms with van der Waals surface area (Å²) >= 11 is 0. The van der Waals surface area contributed by atoms with Gasteiger partial charge in [-0.1, -0.05) is 12.1 Å². The van der Waals surface area contributed by atoms with E-state index in [1.807, 2.05) is 31.2 Å². The molecule has 4 heteroatoms. The Hall–Kier alpha value is -1.55. The van der Waals surface area contributed by atoms with Gasteiger partial charge in [0.15, 0.2) is 0 Å². The van der Waals surface area contributed by atoms with Crippen LogP contribution in [0.5, 0.6) is 0 Å². The lowest BCUT2D eigenvalue weighted by Crippen LogP contribution is -2.44. The molecule has 2 atom stereocenters. The summed E-state index contributed by atoms with van der Waals surface area (Å²) < 4.78 is 5.43. The van der Waals surface area contributed by atoms with Crippen molar-refractivity contribution < 1.29 is 9.53 Å². The molecule has 1 saturated heterocycles. The highest BCUT2D eigenvalue weighted by atomic mass is 16.5. The van der Waals surface area contributed by atoms with E-state index in [4.69, 9.17) is 10.5 Å². The van der Waals surface area contributed by atoms with Gasteiger partial charge in [0.05, 0.1) is 6.61 Å². The second kappa shape index (κ2) is 5.87. The molecular weight excluding hydrogens is 228 g/mol. The number of anilines is 1. The van der Waals surface area contributed by atoms with Gasteiger partial charge in [0, 0.05) is 18.2 Å². The second-order valence-electron chi connectivity index (χ2n) is 4.87. The van der Waals surface area contributed by atoms with E-state index in [1.165, 1.54) is 0 Å². The van der Waals surface area contributed by atoms with Gasteiger partial charge in [-0.15, -0.1) is 0 Å². The van der Waals surface area contributed by atoms with Crippen molar-refractivity contribution in [2.45, 2.75) is 25.8 Å². The molecule has 3 N–H and O–H groups in total. The molecule has 1 aromatic rings. The Bertz CT molecular complexity index is 414. The van der Waals surface area contributed by atoms with Crippen molar-refractivity contribution in [3.05, 3.63) is 29.8 Å². The van der Waals surface area contributed by atoms with Crippen molar-refractivity contribution in [2.75, 3.05) is 18.5 Å². The van der Waals surface area contributed by atoms with Crippen LogP contribution in [-0.2, 0) is 9.53 Å². The fraction of sp³-hybridized carbons (Fsp3) is 0.500. The first-order chi connectivity index (χ1) is 8.66.